The molecular weight excluding hydrogens is 282 g/mol. The Morgan fingerprint density at radius 2 is 2.00 bits per heavy atom. The lowest BCUT2D eigenvalue weighted by atomic mass is 10.2. The van der Waals surface area contributed by atoms with Crippen molar-refractivity contribution in [2.75, 3.05) is 34.4 Å². The average molecular weight is 303 g/mol. The molecule has 0 radical (unpaired) electrons. The van der Waals surface area contributed by atoms with E-state index < -0.39 is 10.0 Å². The van der Waals surface area contributed by atoms with Gasteiger partial charge in [-0.15, -0.1) is 0 Å². The van der Waals surface area contributed by atoms with Crippen LogP contribution in [0.1, 0.15) is 12.0 Å². The fourth-order valence-corrected chi connectivity index (χ4v) is 3.03. The fourth-order valence-electron chi connectivity index (χ4n) is 1.77. The van der Waals surface area contributed by atoms with Crippen LogP contribution in [-0.2, 0) is 21.4 Å². The van der Waals surface area contributed by atoms with Gasteiger partial charge in [-0.1, -0.05) is 0 Å². The van der Waals surface area contributed by atoms with Crippen LogP contribution in [0.15, 0.2) is 23.1 Å². The monoisotopic (exact) mass is 303 g/mol. The summed E-state index contributed by atoms with van der Waals surface area (Å²) in [6.07, 6.45) is 0.620. The zero-order valence-electron chi connectivity index (χ0n) is 12.0. The predicted molar refractivity (Wildman–Crippen MR) is 75.2 cm³/mol. The Balaban J connectivity index is 2.97. The Morgan fingerprint density at radius 3 is 2.55 bits per heavy atom. The number of hydrogen-bond acceptors (Lipinski definition) is 5. The highest BCUT2D eigenvalue weighted by Gasteiger charge is 2.21. The standard InChI is InChI=1S/C13H21NO5S/c1-14(7-4-8-18-2)20(16,17)12-5-6-13(19-3)11(9-12)10-15/h5-6,9,15H,4,7-8,10H2,1-3H3. The molecule has 0 spiro atoms. The molecule has 0 amide bonds. The van der Waals surface area contributed by atoms with Crippen molar-refractivity contribution in [1.29, 1.82) is 0 Å². The van der Waals surface area contributed by atoms with Gasteiger partial charge in [0.1, 0.15) is 5.75 Å². The van der Waals surface area contributed by atoms with Crippen molar-refractivity contribution in [2.45, 2.75) is 17.9 Å². The van der Waals surface area contributed by atoms with E-state index in [1.54, 1.807) is 13.2 Å². The highest BCUT2D eigenvalue weighted by molar-refractivity contribution is 7.89. The average Bonchev–Trinajstić information content (AvgIpc) is 2.46. The number of ether oxygens (including phenoxy) is 2. The minimum Gasteiger partial charge on any atom is -0.496 e. The van der Waals surface area contributed by atoms with E-state index in [1.165, 1.54) is 30.6 Å². The van der Waals surface area contributed by atoms with E-state index in [0.29, 0.717) is 30.9 Å². The maximum atomic E-state index is 12.4. The molecule has 0 bridgehead atoms. The predicted octanol–water partition coefficient (Wildman–Crippen LogP) is 0.844. The van der Waals surface area contributed by atoms with Crippen LogP contribution in [0.3, 0.4) is 0 Å². The summed E-state index contributed by atoms with van der Waals surface area (Å²) < 4.78 is 36.0. The van der Waals surface area contributed by atoms with Crippen LogP contribution in [0.4, 0.5) is 0 Å². The Kier molecular flexibility index (Phi) is 6.41. The van der Waals surface area contributed by atoms with Gasteiger partial charge in [0.2, 0.25) is 10.0 Å². The summed E-state index contributed by atoms with van der Waals surface area (Å²) in [7, 11) is 1.00. The van der Waals surface area contributed by atoms with Gasteiger partial charge in [-0.2, -0.15) is 0 Å². The third-order valence-corrected chi connectivity index (χ3v) is 4.80. The van der Waals surface area contributed by atoms with Crippen LogP contribution in [0.25, 0.3) is 0 Å². The molecule has 0 fully saturated rings. The fraction of sp³-hybridized carbons (Fsp3) is 0.538. The minimum atomic E-state index is -3.57. The number of sulfonamides is 1. The van der Waals surface area contributed by atoms with E-state index in [0.717, 1.165) is 0 Å². The maximum absolute atomic E-state index is 12.4. The number of aliphatic hydroxyl groups excluding tert-OH is 1. The molecule has 1 aromatic carbocycles. The quantitative estimate of drug-likeness (QED) is 0.720. The summed E-state index contributed by atoms with van der Waals surface area (Å²) >= 11 is 0. The van der Waals surface area contributed by atoms with Crippen molar-refractivity contribution in [1.82, 2.24) is 4.31 Å². The van der Waals surface area contributed by atoms with Crippen LogP contribution in [0, 0.1) is 0 Å². The highest BCUT2D eigenvalue weighted by atomic mass is 32.2. The van der Waals surface area contributed by atoms with Gasteiger partial charge in [-0.05, 0) is 24.6 Å². The molecule has 20 heavy (non-hydrogen) atoms. The number of nitrogens with zero attached hydrogens (tertiary/aromatic N) is 1. The largest absolute Gasteiger partial charge is 0.496 e. The molecular formula is C13H21NO5S. The zero-order valence-corrected chi connectivity index (χ0v) is 12.8. The van der Waals surface area contributed by atoms with Gasteiger partial charge in [-0.25, -0.2) is 12.7 Å². The molecule has 0 saturated heterocycles. The second kappa shape index (κ2) is 7.58. The Morgan fingerprint density at radius 1 is 1.30 bits per heavy atom. The van der Waals surface area contributed by atoms with E-state index in [2.05, 4.69) is 0 Å². The second-order valence-electron chi connectivity index (χ2n) is 4.30. The molecule has 0 aliphatic carbocycles. The van der Waals surface area contributed by atoms with Gasteiger partial charge in [0.15, 0.2) is 0 Å². The highest BCUT2D eigenvalue weighted by Crippen LogP contribution is 2.24. The van der Waals surface area contributed by atoms with Crippen LogP contribution >= 0.6 is 0 Å². The topological polar surface area (TPSA) is 76.1 Å². The molecule has 6 nitrogen and oxygen atoms in total. The van der Waals surface area contributed by atoms with Gasteiger partial charge < -0.3 is 14.6 Å². The number of hydrogen-bond donors (Lipinski definition) is 1. The number of methoxy groups -OCH3 is 2. The molecule has 0 unspecified atom stereocenters. The van der Waals surface area contributed by atoms with Gasteiger partial charge in [-0.3, -0.25) is 0 Å². The Labute approximate surface area is 120 Å². The molecule has 0 aliphatic heterocycles. The van der Waals surface area contributed by atoms with Crippen molar-refractivity contribution in [2.24, 2.45) is 0 Å². The molecule has 114 valence electrons. The van der Waals surface area contributed by atoms with E-state index in [1.807, 2.05) is 0 Å². The van der Waals surface area contributed by atoms with Crippen LogP contribution in [-0.4, -0.2) is 52.2 Å². The number of rotatable bonds is 8. The van der Waals surface area contributed by atoms with Crippen molar-refractivity contribution in [3.63, 3.8) is 0 Å². The van der Waals surface area contributed by atoms with Gasteiger partial charge in [0.25, 0.3) is 0 Å². The molecule has 7 heteroatoms. The van der Waals surface area contributed by atoms with Crippen molar-refractivity contribution >= 4 is 10.0 Å². The number of aliphatic hydroxyl groups is 1. The van der Waals surface area contributed by atoms with Crippen molar-refractivity contribution < 1.29 is 23.0 Å². The zero-order chi connectivity index (χ0) is 15.2. The lowest BCUT2D eigenvalue weighted by Crippen LogP contribution is -2.28. The maximum Gasteiger partial charge on any atom is 0.242 e. The van der Waals surface area contributed by atoms with Crippen molar-refractivity contribution in [3.05, 3.63) is 23.8 Å². The van der Waals surface area contributed by atoms with Crippen LogP contribution in [0.2, 0.25) is 0 Å². The summed E-state index contributed by atoms with van der Waals surface area (Å²) in [5.74, 6) is 0.466. The van der Waals surface area contributed by atoms with E-state index in [4.69, 9.17) is 9.47 Å². The lowest BCUT2D eigenvalue weighted by molar-refractivity contribution is 0.189. The third-order valence-electron chi connectivity index (χ3n) is 2.95. The van der Waals surface area contributed by atoms with E-state index in [9.17, 15) is 13.5 Å². The lowest BCUT2D eigenvalue weighted by Gasteiger charge is -2.18. The van der Waals surface area contributed by atoms with Gasteiger partial charge in [0, 0.05) is 32.9 Å². The first-order chi connectivity index (χ1) is 9.47. The molecule has 0 atom stereocenters. The first-order valence-corrected chi connectivity index (χ1v) is 7.64. The van der Waals surface area contributed by atoms with E-state index >= 15 is 0 Å². The first kappa shape index (κ1) is 16.9. The molecule has 0 saturated carbocycles. The summed E-state index contributed by atoms with van der Waals surface area (Å²) in [6.45, 7) is 0.598. The molecule has 1 rings (SSSR count). The normalized spacial score (nSPS) is 11.8. The first-order valence-electron chi connectivity index (χ1n) is 6.20. The molecule has 1 N–H and O–H groups in total. The summed E-state index contributed by atoms with van der Waals surface area (Å²) in [4.78, 5) is 0.141. The van der Waals surface area contributed by atoms with Gasteiger partial charge in [0.05, 0.1) is 18.6 Å². The SMILES string of the molecule is COCCCN(C)S(=O)(=O)c1ccc(OC)c(CO)c1. The summed E-state index contributed by atoms with van der Waals surface area (Å²) in [5, 5.41) is 9.25. The molecule has 0 aliphatic rings. The summed E-state index contributed by atoms with van der Waals surface area (Å²) in [5.41, 5.74) is 0.443. The van der Waals surface area contributed by atoms with Crippen LogP contribution in [0.5, 0.6) is 5.75 Å². The minimum absolute atomic E-state index is 0.141. The summed E-state index contributed by atoms with van der Waals surface area (Å²) in [6, 6.07) is 4.45. The second-order valence-corrected chi connectivity index (χ2v) is 6.35. The van der Waals surface area contributed by atoms with Crippen molar-refractivity contribution in [3.8, 4) is 5.75 Å². The number of benzene rings is 1. The smallest absolute Gasteiger partial charge is 0.242 e. The Hall–Kier alpha value is -1.15. The van der Waals surface area contributed by atoms with E-state index in [-0.39, 0.29) is 11.5 Å². The van der Waals surface area contributed by atoms with Crippen LogP contribution < -0.4 is 4.74 Å². The molecule has 0 aromatic heterocycles. The Bertz CT molecular complexity index is 530. The molecule has 1 aromatic rings. The molecule has 0 heterocycles. The third kappa shape index (κ3) is 3.92. The van der Waals surface area contributed by atoms with Gasteiger partial charge >= 0.3 is 0 Å².